The van der Waals surface area contributed by atoms with E-state index in [2.05, 4.69) is 43.0 Å². The summed E-state index contributed by atoms with van der Waals surface area (Å²) >= 11 is 0. The molecule has 0 atom stereocenters. The Morgan fingerprint density at radius 3 is 2.05 bits per heavy atom. The zero-order valence-corrected chi connectivity index (χ0v) is 13.3. The number of rotatable bonds is 5. The van der Waals surface area contributed by atoms with Crippen molar-refractivity contribution in [1.82, 2.24) is 0 Å². The zero-order valence-electron chi connectivity index (χ0n) is 13.3. The van der Waals surface area contributed by atoms with Crippen LogP contribution in [0.1, 0.15) is 45.7 Å². The summed E-state index contributed by atoms with van der Waals surface area (Å²) in [7, 11) is 0. The quantitative estimate of drug-likeness (QED) is 0.501. The van der Waals surface area contributed by atoms with Crippen molar-refractivity contribution < 1.29 is 4.74 Å². The van der Waals surface area contributed by atoms with Crippen LogP contribution >= 0.6 is 0 Å². The number of hydrogen-bond acceptors (Lipinski definition) is 1. The van der Waals surface area contributed by atoms with Gasteiger partial charge in [0.15, 0.2) is 0 Å². The fourth-order valence-corrected chi connectivity index (χ4v) is 1.32. The smallest absolute Gasteiger partial charge is 0.0506 e. The molecule has 0 spiro atoms. The summed E-state index contributed by atoms with van der Waals surface area (Å²) in [4.78, 5) is 0. The third-order valence-electron chi connectivity index (χ3n) is 2.08. The molecule has 0 N–H and O–H groups in total. The summed E-state index contributed by atoms with van der Waals surface area (Å²) < 4.78 is 5.30. The average molecular weight is 262 g/mol. The largest absolute Gasteiger partial charge is 0.381 e. The molecule has 0 unspecified atom stereocenters. The molecule has 1 rings (SSSR count). The second kappa shape index (κ2) is 16.7. The van der Waals surface area contributed by atoms with E-state index in [1.54, 1.807) is 6.08 Å². The van der Waals surface area contributed by atoms with Gasteiger partial charge >= 0.3 is 0 Å². The minimum Gasteiger partial charge on any atom is -0.381 e. The van der Waals surface area contributed by atoms with Crippen molar-refractivity contribution >= 4 is 6.08 Å². The SMILES string of the molecule is C/C=C/c1ccc(CCOCC)cc1.C=CC.CC. The van der Waals surface area contributed by atoms with Crippen LogP contribution in [0.15, 0.2) is 43.0 Å². The summed E-state index contributed by atoms with van der Waals surface area (Å²) in [6.45, 7) is 14.9. The summed E-state index contributed by atoms with van der Waals surface area (Å²) in [5, 5.41) is 0. The van der Waals surface area contributed by atoms with Gasteiger partial charge in [0.1, 0.15) is 0 Å². The van der Waals surface area contributed by atoms with E-state index >= 15 is 0 Å². The predicted molar refractivity (Wildman–Crippen MR) is 88.6 cm³/mol. The Bertz CT molecular complexity index is 309. The van der Waals surface area contributed by atoms with Gasteiger partial charge in [0, 0.05) is 6.61 Å². The minimum absolute atomic E-state index is 0.802. The Hall–Kier alpha value is -1.34. The van der Waals surface area contributed by atoms with Crippen LogP contribution in [-0.2, 0) is 11.2 Å². The van der Waals surface area contributed by atoms with E-state index in [9.17, 15) is 0 Å². The van der Waals surface area contributed by atoms with Crippen LogP contribution in [0, 0.1) is 0 Å². The van der Waals surface area contributed by atoms with Crippen LogP contribution in [0.4, 0.5) is 0 Å². The maximum atomic E-state index is 5.30. The van der Waals surface area contributed by atoms with E-state index in [0.29, 0.717) is 0 Å². The molecular weight excluding hydrogens is 232 g/mol. The monoisotopic (exact) mass is 262 g/mol. The van der Waals surface area contributed by atoms with E-state index in [1.807, 2.05) is 34.6 Å². The molecule has 19 heavy (non-hydrogen) atoms. The van der Waals surface area contributed by atoms with Crippen LogP contribution in [0.25, 0.3) is 6.08 Å². The van der Waals surface area contributed by atoms with E-state index in [4.69, 9.17) is 4.74 Å². The van der Waals surface area contributed by atoms with E-state index in [-0.39, 0.29) is 0 Å². The lowest BCUT2D eigenvalue weighted by atomic mass is 10.1. The van der Waals surface area contributed by atoms with Gasteiger partial charge in [0.05, 0.1) is 6.61 Å². The van der Waals surface area contributed by atoms with Gasteiger partial charge in [-0.05, 0) is 38.3 Å². The second-order valence-electron chi connectivity index (χ2n) is 3.60. The second-order valence-corrected chi connectivity index (χ2v) is 3.60. The van der Waals surface area contributed by atoms with Crippen LogP contribution < -0.4 is 0 Å². The van der Waals surface area contributed by atoms with Crippen LogP contribution in [0.2, 0.25) is 0 Å². The highest BCUT2D eigenvalue weighted by Gasteiger charge is 1.92. The molecule has 0 aromatic heterocycles. The standard InChI is InChI=1S/C13H18O.C3H6.C2H6/c1-3-5-12-6-8-13(9-7-12)10-11-14-4-2;1-3-2;1-2/h3,5-9H,4,10-11H2,1-2H3;3H,1H2,2H3;1-2H3/b5-3+;;. The zero-order chi connectivity index (χ0) is 14.9. The van der Waals surface area contributed by atoms with Crippen molar-refractivity contribution in [2.45, 2.75) is 41.0 Å². The summed E-state index contributed by atoms with van der Waals surface area (Å²) in [6, 6.07) is 8.60. The molecule has 0 heterocycles. The summed E-state index contributed by atoms with van der Waals surface area (Å²) in [6.07, 6.45) is 6.91. The molecule has 0 bridgehead atoms. The van der Waals surface area contributed by atoms with Gasteiger partial charge < -0.3 is 4.74 Å². The first-order valence-electron chi connectivity index (χ1n) is 7.14. The van der Waals surface area contributed by atoms with Gasteiger partial charge in [-0.25, -0.2) is 0 Å². The van der Waals surface area contributed by atoms with Gasteiger partial charge in [0.2, 0.25) is 0 Å². The lowest BCUT2D eigenvalue weighted by Gasteiger charge is -2.02. The molecular formula is C18H30O. The predicted octanol–water partition coefficient (Wildman–Crippen LogP) is 5.52. The number of benzene rings is 1. The molecule has 1 heteroatoms. The van der Waals surface area contributed by atoms with Crippen molar-refractivity contribution in [2.75, 3.05) is 13.2 Å². The van der Waals surface area contributed by atoms with Crippen molar-refractivity contribution in [2.24, 2.45) is 0 Å². The number of hydrogen-bond donors (Lipinski definition) is 0. The molecule has 0 aliphatic carbocycles. The maximum absolute atomic E-state index is 5.30. The highest BCUT2D eigenvalue weighted by Crippen LogP contribution is 2.06. The summed E-state index contributed by atoms with van der Waals surface area (Å²) in [5.74, 6) is 0. The Balaban J connectivity index is 0. The number of allylic oxidation sites excluding steroid dienone is 2. The Morgan fingerprint density at radius 2 is 1.63 bits per heavy atom. The Labute approximate surface area is 120 Å². The van der Waals surface area contributed by atoms with Gasteiger partial charge in [-0.2, -0.15) is 0 Å². The van der Waals surface area contributed by atoms with Crippen molar-refractivity contribution in [3.63, 3.8) is 0 Å². The Kier molecular flexibility index (Phi) is 17.5. The average Bonchev–Trinajstić information content (AvgIpc) is 2.44. The molecule has 1 aromatic carbocycles. The van der Waals surface area contributed by atoms with Gasteiger partial charge in [0.25, 0.3) is 0 Å². The normalized spacial score (nSPS) is 9.11. The third kappa shape index (κ3) is 12.9. The van der Waals surface area contributed by atoms with Crippen LogP contribution in [0.5, 0.6) is 0 Å². The lowest BCUT2D eigenvalue weighted by molar-refractivity contribution is 0.151. The molecule has 0 saturated carbocycles. The molecule has 1 aromatic rings. The molecule has 0 aliphatic heterocycles. The topological polar surface area (TPSA) is 9.23 Å². The Morgan fingerprint density at radius 1 is 1.11 bits per heavy atom. The first-order chi connectivity index (χ1) is 9.28. The minimum atomic E-state index is 0.802. The van der Waals surface area contributed by atoms with Gasteiger partial charge in [-0.3, -0.25) is 0 Å². The van der Waals surface area contributed by atoms with Gasteiger partial charge in [-0.1, -0.05) is 56.3 Å². The molecule has 108 valence electrons. The first kappa shape index (κ1) is 20.0. The van der Waals surface area contributed by atoms with Crippen LogP contribution in [0.3, 0.4) is 0 Å². The fraction of sp³-hybridized carbons (Fsp3) is 0.444. The lowest BCUT2D eigenvalue weighted by Crippen LogP contribution is -1.97. The molecule has 1 nitrogen and oxygen atoms in total. The summed E-state index contributed by atoms with van der Waals surface area (Å²) in [5.41, 5.74) is 2.60. The van der Waals surface area contributed by atoms with E-state index in [0.717, 1.165) is 19.6 Å². The molecule has 0 amide bonds. The molecule has 0 fully saturated rings. The fourth-order valence-electron chi connectivity index (χ4n) is 1.32. The number of ether oxygens (including phenoxy) is 1. The van der Waals surface area contributed by atoms with Crippen molar-refractivity contribution in [3.05, 3.63) is 54.1 Å². The first-order valence-corrected chi connectivity index (χ1v) is 7.14. The molecule has 0 aliphatic rings. The van der Waals surface area contributed by atoms with Crippen molar-refractivity contribution in [1.29, 1.82) is 0 Å². The van der Waals surface area contributed by atoms with E-state index < -0.39 is 0 Å². The maximum Gasteiger partial charge on any atom is 0.0506 e. The highest BCUT2D eigenvalue weighted by molar-refractivity contribution is 5.49. The molecule has 0 saturated heterocycles. The van der Waals surface area contributed by atoms with Gasteiger partial charge in [-0.15, -0.1) is 6.58 Å². The molecule has 0 radical (unpaired) electrons. The van der Waals surface area contributed by atoms with Crippen LogP contribution in [-0.4, -0.2) is 13.2 Å². The van der Waals surface area contributed by atoms with Crippen molar-refractivity contribution in [3.8, 4) is 0 Å². The highest BCUT2D eigenvalue weighted by atomic mass is 16.5. The van der Waals surface area contributed by atoms with E-state index in [1.165, 1.54) is 11.1 Å². The third-order valence-corrected chi connectivity index (χ3v) is 2.08.